The van der Waals surface area contributed by atoms with E-state index in [1.54, 1.807) is 0 Å². The number of nitrogens with zero attached hydrogens (tertiary/aromatic N) is 2. The van der Waals surface area contributed by atoms with Crippen molar-refractivity contribution in [1.29, 1.82) is 0 Å². The predicted molar refractivity (Wildman–Crippen MR) is 70.5 cm³/mol. The minimum atomic E-state index is 0.198. The molecule has 17 heavy (non-hydrogen) atoms. The third-order valence-electron chi connectivity index (χ3n) is 2.96. The Labute approximate surface area is 103 Å². The molecule has 0 saturated heterocycles. The number of aliphatic hydroxyl groups excluding tert-OH is 1. The Hall–Kier alpha value is -1.29. The molecule has 0 amide bonds. The van der Waals surface area contributed by atoms with Crippen molar-refractivity contribution < 1.29 is 5.11 Å². The smallest absolute Gasteiger partial charge is 0.0606 e. The van der Waals surface area contributed by atoms with Gasteiger partial charge >= 0.3 is 0 Å². The van der Waals surface area contributed by atoms with Gasteiger partial charge in [-0.05, 0) is 25.3 Å². The summed E-state index contributed by atoms with van der Waals surface area (Å²) in [7, 11) is 0. The maximum Gasteiger partial charge on any atom is 0.0606 e. The number of hydrogen-bond acceptors (Lipinski definition) is 4. The molecule has 94 valence electrons. The van der Waals surface area contributed by atoms with Gasteiger partial charge in [-0.1, -0.05) is 6.92 Å². The van der Waals surface area contributed by atoms with Crippen molar-refractivity contribution in [2.24, 2.45) is 0 Å². The molecule has 0 aliphatic heterocycles. The van der Waals surface area contributed by atoms with Crippen molar-refractivity contribution in [2.75, 3.05) is 29.9 Å². The van der Waals surface area contributed by atoms with E-state index in [0.29, 0.717) is 12.6 Å². The molecular formula is C13H21N3O. The topological polar surface area (TPSA) is 48.4 Å². The van der Waals surface area contributed by atoms with Crippen LogP contribution in [0.4, 0.5) is 11.4 Å². The van der Waals surface area contributed by atoms with Gasteiger partial charge in [-0.2, -0.15) is 0 Å². The van der Waals surface area contributed by atoms with Crippen molar-refractivity contribution in [3.8, 4) is 0 Å². The van der Waals surface area contributed by atoms with Crippen LogP contribution in [-0.2, 0) is 0 Å². The van der Waals surface area contributed by atoms with Crippen LogP contribution in [0.15, 0.2) is 18.5 Å². The summed E-state index contributed by atoms with van der Waals surface area (Å²) in [6.45, 7) is 4.01. The molecule has 2 rings (SSSR count). The molecule has 1 heterocycles. The number of pyridine rings is 1. The van der Waals surface area contributed by atoms with Crippen LogP contribution in [-0.4, -0.2) is 35.8 Å². The zero-order valence-electron chi connectivity index (χ0n) is 10.4. The largest absolute Gasteiger partial charge is 0.395 e. The van der Waals surface area contributed by atoms with Gasteiger partial charge in [0.15, 0.2) is 0 Å². The number of aliphatic hydroxyl groups is 1. The summed E-state index contributed by atoms with van der Waals surface area (Å²) >= 11 is 0. The van der Waals surface area contributed by atoms with E-state index >= 15 is 0 Å². The lowest BCUT2D eigenvalue weighted by atomic mass is 10.3. The molecule has 1 fully saturated rings. The van der Waals surface area contributed by atoms with E-state index in [4.69, 9.17) is 5.11 Å². The van der Waals surface area contributed by atoms with Crippen LogP contribution in [0.5, 0.6) is 0 Å². The van der Waals surface area contributed by atoms with E-state index in [0.717, 1.165) is 24.3 Å². The molecule has 4 nitrogen and oxygen atoms in total. The number of aromatic nitrogens is 1. The third kappa shape index (κ3) is 3.33. The quantitative estimate of drug-likeness (QED) is 0.757. The summed E-state index contributed by atoms with van der Waals surface area (Å²) in [6.07, 6.45) is 7.29. The summed E-state index contributed by atoms with van der Waals surface area (Å²) in [5.74, 6) is 0. The summed E-state index contributed by atoms with van der Waals surface area (Å²) in [4.78, 5) is 6.52. The van der Waals surface area contributed by atoms with Gasteiger partial charge in [0.05, 0.1) is 30.4 Å². The first-order valence-corrected chi connectivity index (χ1v) is 6.41. The molecule has 4 heteroatoms. The van der Waals surface area contributed by atoms with Crippen LogP contribution in [0, 0.1) is 0 Å². The van der Waals surface area contributed by atoms with Gasteiger partial charge in [-0.25, -0.2) is 0 Å². The zero-order valence-corrected chi connectivity index (χ0v) is 10.4. The highest BCUT2D eigenvalue weighted by Crippen LogP contribution is 2.31. The molecule has 1 saturated carbocycles. The highest BCUT2D eigenvalue weighted by Gasteiger charge is 2.29. The molecule has 1 aromatic rings. The lowest BCUT2D eigenvalue weighted by molar-refractivity contribution is 0.301. The Bertz CT molecular complexity index is 352. The SMILES string of the molecule is CCCNc1cncc(N(CCO)C2CC2)c1. The predicted octanol–water partition coefficient (Wildman–Crippen LogP) is 1.86. The normalized spacial score (nSPS) is 14.7. The molecule has 0 spiro atoms. The monoisotopic (exact) mass is 235 g/mol. The van der Waals surface area contributed by atoms with Gasteiger partial charge in [-0.15, -0.1) is 0 Å². The average Bonchev–Trinajstić information content (AvgIpc) is 3.18. The lowest BCUT2D eigenvalue weighted by Gasteiger charge is -2.23. The van der Waals surface area contributed by atoms with E-state index in [9.17, 15) is 0 Å². The van der Waals surface area contributed by atoms with Crippen LogP contribution >= 0.6 is 0 Å². The molecule has 1 aliphatic carbocycles. The Morgan fingerprint density at radius 2 is 2.29 bits per heavy atom. The first-order chi connectivity index (χ1) is 8.35. The Kier molecular flexibility index (Phi) is 4.20. The number of hydrogen-bond donors (Lipinski definition) is 2. The lowest BCUT2D eigenvalue weighted by Crippen LogP contribution is -2.29. The molecule has 0 bridgehead atoms. The first kappa shape index (κ1) is 12.2. The van der Waals surface area contributed by atoms with E-state index in [-0.39, 0.29) is 6.61 Å². The molecule has 2 N–H and O–H groups in total. The summed E-state index contributed by atoms with van der Waals surface area (Å²) in [6, 6.07) is 2.72. The maximum absolute atomic E-state index is 9.11. The fraction of sp³-hybridized carbons (Fsp3) is 0.615. The summed E-state index contributed by atoms with van der Waals surface area (Å²) in [5, 5.41) is 12.4. The van der Waals surface area contributed by atoms with Crippen LogP contribution in [0.1, 0.15) is 26.2 Å². The van der Waals surface area contributed by atoms with Gasteiger partial charge in [0.25, 0.3) is 0 Å². The van der Waals surface area contributed by atoms with Gasteiger partial charge < -0.3 is 15.3 Å². The number of rotatable bonds is 7. The minimum absolute atomic E-state index is 0.198. The molecule has 0 aromatic carbocycles. The molecule has 0 radical (unpaired) electrons. The second kappa shape index (κ2) is 5.87. The molecule has 1 aromatic heterocycles. The van der Waals surface area contributed by atoms with Crippen molar-refractivity contribution in [3.63, 3.8) is 0 Å². The Balaban J connectivity index is 2.07. The fourth-order valence-corrected chi connectivity index (χ4v) is 1.97. The molecule has 0 atom stereocenters. The zero-order chi connectivity index (χ0) is 12.1. The number of anilines is 2. The van der Waals surface area contributed by atoms with Gasteiger partial charge in [0.2, 0.25) is 0 Å². The molecular weight excluding hydrogens is 214 g/mol. The fourth-order valence-electron chi connectivity index (χ4n) is 1.97. The van der Waals surface area contributed by atoms with Crippen molar-refractivity contribution >= 4 is 11.4 Å². The van der Waals surface area contributed by atoms with Gasteiger partial charge in [-0.3, -0.25) is 4.98 Å². The highest BCUT2D eigenvalue weighted by atomic mass is 16.3. The van der Waals surface area contributed by atoms with Gasteiger partial charge in [0, 0.05) is 19.1 Å². The maximum atomic E-state index is 9.11. The average molecular weight is 235 g/mol. The minimum Gasteiger partial charge on any atom is -0.395 e. The van der Waals surface area contributed by atoms with E-state index in [2.05, 4.69) is 28.2 Å². The second-order valence-corrected chi connectivity index (χ2v) is 4.51. The highest BCUT2D eigenvalue weighted by molar-refractivity contribution is 5.56. The van der Waals surface area contributed by atoms with Gasteiger partial charge in [0.1, 0.15) is 0 Å². The van der Waals surface area contributed by atoms with E-state index in [1.807, 2.05) is 12.4 Å². The Morgan fingerprint density at radius 1 is 1.47 bits per heavy atom. The standard InChI is InChI=1S/C13H21N3O/c1-2-5-15-11-8-13(10-14-9-11)16(6-7-17)12-3-4-12/h8-10,12,15,17H,2-7H2,1H3. The van der Waals surface area contributed by atoms with Crippen molar-refractivity contribution in [2.45, 2.75) is 32.2 Å². The first-order valence-electron chi connectivity index (χ1n) is 6.41. The summed E-state index contributed by atoms with van der Waals surface area (Å²) in [5.41, 5.74) is 2.18. The summed E-state index contributed by atoms with van der Waals surface area (Å²) < 4.78 is 0. The Morgan fingerprint density at radius 3 is 2.94 bits per heavy atom. The van der Waals surface area contributed by atoms with Crippen molar-refractivity contribution in [3.05, 3.63) is 18.5 Å². The third-order valence-corrected chi connectivity index (χ3v) is 2.96. The molecule has 0 unspecified atom stereocenters. The second-order valence-electron chi connectivity index (χ2n) is 4.51. The van der Waals surface area contributed by atoms with E-state index in [1.165, 1.54) is 12.8 Å². The van der Waals surface area contributed by atoms with E-state index < -0.39 is 0 Å². The van der Waals surface area contributed by atoms with Crippen molar-refractivity contribution in [1.82, 2.24) is 4.98 Å². The molecule has 1 aliphatic rings. The van der Waals surface area contributed by atoms with Crippen LogP contribution in [0.25, 0.3) is 0 Å². The van der Waals surface area contributed by atoms with Crippen LogP contribution < -0.4 is 10.2 Å². The number of nitrogens with one attached hydrogen (secondary N) is 1. The van der Waals surface area contributed by atoms with Crippen LogP contribution in [0.2, 0.25) is 0 Å². The van der Waals surface area contributed by atoms with Crippen LogP contribution in [0.3, 0.4) is 0 Å².